The summed E-state index contributed by atoms with van der Waals surface area (Å²) in [5, 5.41) is 0. The fourth-order valence-electron chi connectivity index (χ4n) is 0.116. The molecule has 1 nitrogen and oxygen atoms in total. The van der Waals surface area contributed by atoms with Crippen LogP contribution in [0.4, 0.5) is 17.6 Å². The van der Waals surface area contributed by atoms with Gasteiger partial charge in [0.15, 0.2) is 0 Å². The van der Waals surface area contributed by atoms with Gasteiger partial charge in [-0.2, -0.15) is 17.6 Å². The van der Waals surface area contributed by atoms with Crippen molar-refractivity contribution in [3.05, 3.63) is 0 Å². The highest BCUT2D eigenvalue weighted by molar-refractivity contribution is 14.1. The molecule has 0 aromatic heterocycles. The van der Waals surface area contributed by atoms with Crippen LogP contribution in [0.1, 0.15) is 0 Å². The molecule has 0 aliphatic rings. The zero-order valence-corrected chi connectivity index (χ0v) is 6.46. The second-order valence-electron chi connectivity index (χ2n) is 1.22. The van der Waals surface area contributed by atoms with Crippen LogP contribution in [-0.2, 0) is 4.74 Å². The molecule has 0 atom stereocenters. The van der Waals surface area contributed by atoms with E-state index >= 15 is 0 Å². The molecule has 0 aromatic carbocycles. The Balaban J connectivity index is 4.14. The molecule has 0 N–H and O–H groups in total. The zero-order valence-electron chi connectivity index (χ0n) is 4.30. The Morgan fingerprint density at radius 1 is 1.22 bits per heavy atom. The number of halogens is 5. The van der Waals surface area contributed by atoms with E-state index in [0.29, 0.717) is 29.7 Å². The van der Waals surface area contributed by atoms with Gasteiger partial charge in [-0.05, 0) is 0 Å². The normalized spacial score (nSPS) is 14.0. The predicted molar refractivity (Wildman–Crippen MR) is 30.9 cm³/mol. The number of rotatable bonds is 2. The lowest BCUT2D eigenvalue weighted by Crippen LogP contribution is -2.36. The molecule has 6 heteroatoms. The van der Waals surface area contributed by atoms with Crippen LogP contribution in [0.3, 0.4) is 0 Å². The molecule has 0 amide bonds. The van der Waals surface area contributed by atoms with Gasteiger partial charge < -0.3 is 4.74 Å². The van der Waals surface area contributed by atoms with Crippen LogP contribution in [0.2, 0.25) is 0 Å². The van der Waals surface area contributed by atoms with Crippen molar-refractivity contribution in [3.8, 4) is 0 Å². The van der Waals surface area contributed by atoms with Crippen molar-refractivity contribution < 1.29 is 22.3 Å². The first kappa shape index (κ1) is 9.41. The molecule has 0 unspecified atom stereocenters. The molecule has 56 valence electrons. The fraction of sp³-hybridized carbons (Fsp3) is 1.00. The van der Waals surface area contributed by atoms with E-state index in [1.165, 1.54) is 0 Å². The number of ether oxygens (including phenoxy) is 1. The molecule has 0 aromatic rings. The summed E-state index contributed by atoms with van der Waals surface area (Å²) in [5.74, 6) is 0. The SMILES string of the molecule is COC(F)(F)C(F)(F)I. The van der Waals surface area contributed by atoms with Crippen molar-refractivity contribution in [2.75, 3.05) is 7.11 Å². The van der Waals surface area contributed by atoms with Gasteiger partial charge in [-0.1, -0.05) is 0 Å². The molecule has 0 aliphatic heterocycles. The van der Waals surface area contributed by atoms with Crippen molar-refractivity contribution in [1.29, 1.82) is 0 Å². The summed E-state index contributed by atoms with van der Waals surface area (Å²) >= 11 is 0.311. The summed E-state index contributed by atoms with van der Waals surface area (Å²) in [7, 11) is 0.520. The van der Waals surface area contributed by atoms with Crippen molar-refractivity contribution in [2.45, 2.75) is 10.0 Å². The molecule has 0 bridgehead atoms. The van der Waals surface area contributed by atoms with Crippen molar-refractivity contribution in [2.24, 2.45) is 0 Å². The van der Waals surface area contributed by atoms with E-state index in [2.05, 4.69) is 4.74 Å². The topological polar surface area (TPSA) is 9.23 Å². The Hall–Kier alpha value is 0.410. The second-order valence-corrected chi connectivity index (χ2v) is 2.57. The monoisotopic (exact) mass is 258 g/mol. The Morgan fingerprint density at radius 2 is 1.56 bits per heavy atom. The Labute approximate surface area is 62.5 Å². The van der Waals surface area contributed by atoms with E-state index in [-0.39, 0.29) is 0 Å². The molecule has 0 spiro atoms. The Morgan fingerprint density at radius 3 is 1.56 bits per heavy atom. The number of hydrogen-bond donors (Lipinski definition) is 0. The summed E-state index contributed by atoms with van der Waals surface area (Å²) < 4.78 is 45.7. The van der Waals surface area contributed by atoms with E-state index in [9.17, 15) is 17.6 Å². The Kier molecular flexibility index (Phi) is 2.68. The van der Waals surface area contributed by atoms with E-state index < -0.39 is 10.0 Å². The highest BCUT2D eigenvalue weighted by Crippen LogP contribution is 2.39. The minimum atomic E-state index is -4.37. The molecular weight excluding hydrogens is 255 g/mol. The molecule has 0 radical (unpaired) electrons. The van der Waals surface area contributed by atoms with Gasteiger partial charge in [0.2, 0.25) is 0 Å². The van der Waals surface area contributed by atoms with Gasteiger partial charge in [-0.15, -0.1) is 0 Å². The van der Waals surface area contributed by atoms with E-state index in [1.807, 2.05) is 0 Å². The molecule has 9 heavy (non-hydrogen) atoms. The maximum atomic E-state index is 11.7. The number of hydrogen-bond acceptors (Lipinski definition) is 1. The minimum absolute atomic E-state index is 0.311. The van der Waals surface area contributed by atoms with Crippen molar-refractivity contribution in [3.63, 3.8) is 0 Å². The lowest BCUT2D eigenvalue weighted by Gasteiger charge is -2.18. The second kappa shape index (κ2) is 2.57. The lowest BCUT2D eigenvalue weighted by molar-refractivity contribution is -0.295. The highest BCUT2D eigenvalue weighted by Gasteiger charge is 2.55. The van der Waals surface area contributed by atoms with Gasteiger partial charge in [0, 0.05) is 29.7 Å². The van der Waals surface area contributed by atoms with Crippen molar-refractivity contribution in [1.82, 2.24) is 0 Å². The fourth-order valence-corrected chi connectivity index (χ4v) is 0.336. The third-order valence-electron chi connectivity index (χ3n) is 0.586. The summed E-state index contributed by atoms with van der Waals surface area (Å²) in [4.78, 5) is 0. The summed E-state index contributed by atoms with van der Waals surface area (Å²) in [6.07, 6.45) is -4.37. The lowest BCUT2D eigenvalue weighted by atomic mass is 10.7. The summed E-state index contributed by atoms with van der Waals surface area (Å²) in [6.45, 7) is 0. The standard InChI is InChI=1S/C3H3F4IO/c1-9-3(6,7)2(4,5)8/h1H3. The van der Waals surface area contributed by atoms with E-state index in [1.54, 1.807) is 0 Å². The summed E-state index contributed by atoms with van der Waals surface area (Å²) in [5.41, 5.74) is 0. The van der Waals surface area contributed by atoms with Crippen LogP contribution < -0.4 is 0 Å². The van der Waals surface area contributed by atoms with Gasteiger partial charge in [0.05, 0.1) is 0 Å². The largest absolute Gasteiger partial charge is 0.428 e. The number of alkyl halides is 5. The number of methoxy groups -OCH3 is 1. The van der Waals surface area contributed by atoms with Crippen LogP contribution in [0, 0.1) is 0 Å². The maximum Gasteiger partial charge on any atom is 0.428 e. The average molecular weight is 258 g/mol. The van der Waals surface area contributed by atoms with E-state index in [4.69, 9.17) is 0 Å². The quantitative estimate of drug-likeness (QED) is 0.419. The van der Waals surface area contributed by atoms with Gasteiger partial charge in [0.1, 0.15) is 0 Å². The first-order chi connectivity index (χ1) is 3.81. The molecule has 0 heterocycles. The first-order valence-electron chi connectivity index (χ1n) is 1.81. The smallest absolute Gasteiger partial charge is 0.318 e. The van der Waals surface area contributed by atoms with Gasteiger partial charge in [-0.3, -0.25) is 0 Å². The highest BCUT2D eigenvalue weighted by atomic mass is 127. The van der Waals surface area contributed by atoms with Crippen LogP contribution in [0.25, 0.3) is 0 Å². The molecular formula is C3H3F4IO. The molecule has 0 saturated carbocycles. The van der Waals surface area contributed by atoms with Crippen LogP contribution in [0.5, 0.6) is 0 Å². The predicted octanol–water partition coefficient (Wildman–Crippen LogP) is 2.25. The van der Waals surface area contributed by atoms with Gasteiger partial charge >= 0.3 is 10.0 Å². The maximum absolute atomic E-state index is 11.7. The Bertz CT molecular complexity index is 98.5. The van der Waals surface area contributed by atoms with Gasteiger partial charge in [0.25, 0.3) is 0 Å². The first-order valence-corrected chi connectivity index (χ1v) is 2.89. The van der Waals surface area contributed by atoms with Crippen molar-refractivity contribution >= 4 is 22.6 Å². The van der Waals surface area contributed by atoms with Crippen LogP contribution in [0.15, 0.2) is 0 Å². The minimum Gasteiger partial charge on any atom is -0.318 e. The van der Waals surface area contributed by atoms with Crippen LogP contribution in [-0.4, -0.2) is 17.1 Å². The average Bonchev–Trinajstić information content (AvgIpc) is 1.64. The molecule has 0 fully saturated rings. The van der Waals surface area contributed by atoms with E-state index in [0.717, 1.165) is 0 Å². The zero-order chi connectivity index (χ0) is 7.71. The third-order valence-corrected chi connectivity index (χ3v) is 1.21. The summed E-state index contributed by atoms with van der Waals surface area (Å²) in [6, 6.07) is 0. The molecule has 0 aliphatic carbocycles. The molecule has 0 rings (SSSR count). The van der Waals surface area contributed by atoms with Crippen LogP contribution >= 0.6 is 22.6 Å². The third kappa shape index (κ3) is 2.24. The molecule has 0 saturated heterocycles. The van der Waals surface area contributed by atoms with Gasteiger partial charge in [-0.25, -0.2) is 0 Å².